The SMILES string of the molecule is CC(C)N1CCC(NC(=O)Oc2cc(C(C)(C)C)nn2Cc2cc(-c3ccc(Cl)s3)on2)CC1. The highest BCUT2D eigenvalue weighted by molar-refractivity contribution is 7.19. The third-order valence-electron chi connectivity index (χ3n) is 5.98. The Kier molecular flexibility index (Phi) is 7.35. The number of hydrogen-bond donors (Lipinski definition) is 1. The highest BCUT2D eigenvalue weighted by atomic mass is 35.5. The minimum atomic E-state index is -0.460. The van der Waals surface area contributed by atoms with Gasteiger partial charge in [-0.15, -0.1) is 11.3 Å². The number of ether oxygens (including phenoxy) is 1. The van der Waals surface area contributed by atoms with Crippen LogP contribution in [0.2, 0.25) is 4.34 Å². The topological polar surface area (TPSA) is 85.4 Å². The summed E-state index contributed by atoms with van der Waals surface area (Å²) in [5, 5.41) is 11.9. The summed E-state index contributed by atoms with van der Waals surface area (Å²) in [4.78, 5) is 16.0. The van der Waals surface area contributed by atoms with Gasteiger partial charge in [0.15, 0.2) is 5.76 Å². The van der Waals surface area contributed by atoms with Crippen molar-refractivity contribution in [3.63, 3.8) is 0 Å². The number of thiophene rings is 1. The number of nitrogens with one attached hydrogen (secondary N) is 1. The van der Waals surface area contributed by atoms with E-state index in [1.54, 1.807) is 4.68 Å². The van der Waals surface area contributed by atoms with Crippen molar-refractivity contribution in [3.05, 3.63) is 40.0 Å². The van der Waals surface area contributed by atoms with E-state index in [2.05, 4.69) is 50.0 Å². The number of likely N-dealkylation sites (tertiary alicyclic amines) is 1. The average molecular weight is 506 g/mol. The summed E-state index contributed by atoms with van der Waals surface area (Å²) >= 11 is 7.46. The fourth-order valence-corrected chi connectivity index (χ4v) is 4.91. The molecule has 3 aromatic heterocycles. The monoisotopic (exact) mass is 505 g/mol. The summed E-state index contributed by atoms with van der Waals surface area (Å²) < 4.78 is 13.6. The maximum atomic E-state index is 12.7. The molecule has 0 unspecified atom stereocenters. The molecule has 0 spiro atoms. The van der Waals surface area contributed by atoms with Crippen LogP contribution in [0.4, 0.5) is 4.79 Å². The predicted molar refractivity (Wildman–Crippen MR) is 134 cm³/mol. The maximum absolute atomic E-state index is 12.7. The van der Waals surface area contributed by atoms with Crippen molar-refractivity contribution < 1.29 is 14.1 Å². The lowest BCUT2D eigenvalue weighted by molar-refractivity contribution is 0.151. The normalized spacial score (nSPS) is 15.7. The molecule has 1 aliphatic heterocycles. The molecule has 10 heteroatoms. The van der Waals surface area contributed by atoms with E-state index in [1.165, 1.54) is 11.3 Å². The van der Waals surface area contributed by atoms with Crippen LogP contribution in [-0.4, -0.2) is 51.1 Å². The van der Waals surface area contributed by atoms with Crippen LogP contribution in [0.5, 0.6) is 5.88 Å². The van der Waals surface area contributed by atoms with Crippen molar-refractivity contribution in [2.24, 2.45) is 0 Å². The van der Waals surface area contributed by atoms with E-state index in [9.17, 15) is 4.79 Å². The van der Waals surface area contributed by atoms with E-state index in [4.69, 9.17) is 26.0 Å². The maximum Gasteiger partial charge on any atom is 0.414 e. The van der Waals surface area contributed by atoms with E-state index in [1.807, 2.05) is 24.3 Å². The molecule has 1 N–H and O–H groups in total. The predicted octanol–water partition coefficient (Wildman–Crippen LogP) is 5.56. The van der Waals surface area contributed by atoms with Crippen molar-refractivity contribution in [2.45, 2.75) is 71.5 Å². The molecule has 3 aromatic rings. The molecule has 4 rings (SSSR count). The molecule has 34 heavy (non-hydrogen) atoms. The van der Waals surface area contributed by atoms with Gasteiger partial charge in [0, 0.05) is 42.7 Å². The number of carbonyl (C=O) groups excluding carboxylic acids is 1. The second-order valence-electron chi connectivity index (χ2n) is 10.00. The Hall–Kier alpha value is -2.36. The van der Waals surface area contributed by atoms with Gasteiger partial charge in [-0.1, -0.05) is 37.5 Å². The molecular weight excluding hydrogens is 474 g/mol. The van der Waals surface area contributed by atoms with Gasteiger partial charge in [0.25, 0.3) is 0 Å². The van der Waals surface area contributed by atoms with Gasteiger partial charge < -0.3 is 19.5 Å². The molecule has 1 aliphatic rings. The molecule has 8 nitrogen and oxygen atoms in total. The number of carbonyl (C=O) groups is 1. The van der Waals surface area contributed by atoms with Crippen molar-refractivity contribution in [1.82, 2.24) is 25.2 Å². The lowest BCUT2D eigenvalue weighted by atomic mass is 9.93. The first-order chi connectivity index (χ1) is 16.1. The molecule has 184 valence electrons. The van der Waals surface area contributed by atoms with Crippen LogP contribution in [0.15, 0.2) is 28.8 Å². The second-order valence-corrected chi connectivity index (χ2v) is 11.7. The fourth-order valence-electron chi connectivity index (χ4n) is 3.92. The summed E-state index contributed by atoms with van der Waals surface area (Å²) in [6.07, 6.45) is 1.36. The summed E-state index contributed by atoms with van der Waals surface area (Å²) in [6, 6.07) is 8.02. The molecule has 0 atom stereocenters. The number of halogens is 1. The van der Waals surface area contributed by atoms with E-state index in [0.717, 1.165) is 36.5 Å². The van der Waals surface area contributed by atoms with Gasteiger partial charge in [-0.05, 0) is 38.8 Å². The third kappa shape index (κ3) is 6.00. The quantitative estimate of drug-likeness (QED) is 0.472. The van der Waals surface area contributed by atoms with E-state index in [0.29, 0.717) is 34.3 Å². The van der Waals surface area contributed by atoms with Crippen LogP contribution in [0, 0.1) is 0 Å². The fraction of sp³-hybridized carbons (Fsp3) is 0.542. The van der Waals surface area contributed by atoms with Crippen molar-refractivity contribution in [3.8, 4) is 16.5 Å². The summed E-state index contributed by atoms with van der Waals surface area (Å²) in [6.45, 7) is 12.9. The van der Waals surface area contributed by atoms with Crippen LogP contribution in [-0.2, 0) is 12.0 Å². The number of aromatic nitrogens is 3. The number of nitrogens with zero attached hydrogens (tertiary/aromatic N) is 4. The minimum Gasteiger partial charge on any atom is -0.392 e. The lowest BCUT2D eigenvalue weighted by Gasteiger charge is -2.34. The van der Waals surface area contributed by atoms with Crippen LogP contribution >= 0.6 is 22.9 Å². The summed E-state index contributed by atoms with van der Waals surface area (Å²) in [5.41, 5.74) is 1.30. The van der Waals surface area contributed by atoms with Gasteiger partial charge in [-0.2, -0.15) is 5.10 Å². The average Bonchev–Trinajstić information content (AvgIpc) is 3.49. The zero-order chi connectivity index (χ0) is 24.5. The second kappa shape index (κ2) is 10.1. The standard InChI is InChI=1S/C24H32ClN5O3S/c1-15(2)29-10-8-16(9-11-29)26-23(31)32-22-13-20(24(3,4)5)27-30(22)14-17-12-18(33-28-17)19-6-7-21(25)34-19/h6-7,12-13,15-16H,8-11,14H2,1-5H3,(H,26,31). The van der Waals surface area contributed by atoms with Gasteiger partial charge in [-0.3, -0.25) is 0 Å². The van der Waals surface area contributed by atoms with Gasteiger partial charge in [0.2, 0.25) is 5.88 Å². The first-order valence-corrected chi connectivity index (χ1v) is 12.8. The van der Waals surface area contributed by atoms with Crippen LogP contribution in [0.25, 0.3) is 10.6 Å². The van der Waals surface area contributed by atoms with E-state index in [-0.39, 0.29) is 11.5 Å². The molecule has 1 amide bonds. The first-order valence-electron chi connectivity index (χ1n) is 11.6. The van der Waals surface area contributed by atoms with Gasteiger partial charge in [0.1, 0.15) is 5.69 Å². The number of amides is 1. The Morgan fingerprint density at radius 3 is 2.65 bits per heavy atom. The highest BCUT2D eigenvalue weighted by Gasteiger charge is 2.25. The molecule has 0 radical (unpaired) electrons. The Morgan fingerprint density at radius 2 is 2.03 bits per heavy atom. The van der Waals surface area contributed by atoms with Crippen molar-refractivity contribution in [1.29, 1.82) is 0 Å². The highest BCUT2D eigenvalue weighted by Crippen LogP contribution is 2.32. The van der Waals surface area contributed by atoms with Crippen LogP contribution < -0.4 is 10.1 Å². The molecule has 0 saturated carbocycles. The Morgan fingerprint density at radius 1 is 1.29 bits per heavy atom. The van der Waals surface area contributed by atoms with E-state index < -0.39 is 6.09 Å². The van der Waals surface area contributed by atoms with Gasteiger partial charge in [0.05, 0.1) is 21.5 Å². The molecule has 1 fully saturated rings. The Labute approximate surface area is 209 Å². The number of hydrogen-bond acceptors (Lipinski definition) is 7. The van der Waals surface area contributed by atoms with Crippen LogP contribution in [0.3, 0.4) is 0 Å². The molecule has 0 aliphatic carbocycles. The minimum absolute atomic E-state index is 0.108. The van der Waals surface area contributed by atoms with Crippen molar-refractivity contribution in [2.75, 3.05) is 13.1 Å². The van der Waals surface area contributed by atoms with Gasteiger partial charge in [-0.25, -0.2) is 9.48 Å². The Bertz CT molecular complexity index is 1120. The Balaban J connectivity index is 1.45. The number of rotatable bonds is 6. The molecule has 0 aromatic carbocycles. The van der Waals surface area contributed by atoms with Crippen molar-refractivity contribution >= 4 is 29.0 Å². The van der Waals surface area contributed by atoms with Crippen LogP contribution in [0.1, 0.15) is 58.8 Å². The molecule has 4 heterocycles. The zero-order valence-corrected chi connectivity index (χ0v) is 21.9. The van der Waals surface area contributed by atoms with Gasteiger partial charge >= 0.3 is 6.09 Å². The largest absolute Gasteiger partial charge is 0.414 e. The van der Waals surface area contributed by atoms with E-state index >= 15 is 0 Å². The smallest absolute Gasteiger partial charge is 0.392 e. The molecule has 0 bridgehead atoms. The zero-order valence-electron chi connectivity index (χ0n) is 20.3. The molecular formula is C24H32ClN5O3S. The number of piperidine rings is 1. The molecule has 1 saturated heterocycles. The lowest BCUT2D eigenvalue weighted by Crippen LogP contribution is -2.47. The summed E-state index contributed by atoms with van der Waals surface area (Å²) in [5.74, 6) is 1.02. The third-order valence-corrected chi connectivity index (χ3v) is 7.22. The first kappa shape index (κ1) is 24.8. The summed E-state index contributed by atoms with van der Waals surface area (Å²) in [7, 11) is 0.